The predicted octanol–water partition coefficient (Wildman–Crippen LogP) is 4.29. The van der Waals surface area contributed by atoms with Gasteiger partial charge < -0.3 is 4.74 Å². The van der Waals surface area contributed by atoms with Gasteiger partial charge in [-0.1, -0.05) is 11.6 Å². The number of pyridine rings is 1. The number of aryl methyl sites for hydroxylation is 1. The fraction of sp³-hybridized carbons (Fsp3) is 0.357. The van der Waals surface area contributed by atoms with Crippen LogP contribution in [0.3, 0.4) is 0 Å². The van der Waals surface area contributed by atoms with E-state index in [0.717, 1.165) is 32.9 Å². The predicted molar refractivity (Wildman–Crippen MR) is 72.0 cm³/mol. The number of rotatable bonds is 2. The molecule has 0 aliphatic rings. The van der Waals surface area contributed by atoms with Gasteiger partial charge in [-0.25, -0.2) is 0 Å². The average molecular weight is 250 g/mol. The van der Waals surface area contributed by atoms with Crippen molar-refractivity contribution in [1.82, 2.24) is 4.98 Å². The number of hydrogen-bond donors (Lipinski definition) is 0. The Hall–Kier alpha value is -1.28. The molecule has 0 aliphatic heterocycles. The summed E-state index contributed by atoms with van der Waals surface area (Å²) in [5.41, 5.74) is 2.91. The van der Waals surface area contributed by atoms with Gasteiger partial charge in [0.25, 0.3) is 0 Å². The molecule has 1 aromatic heterocycles. The lowest BCUT2D eigenvalue weighted by Crippen LogP contribution is -2.05. The van der Waals surface area contributed by atoms with Crippen LogP contribution in [0.15, 0.2) is 18.2 Å². The molecular formula is C14H16ClNO. The van der Waals surface area contributed by atoms with Crippen LogP contribution in [0, 0.1) is 13.8 Å². The maximum atomic E-state index is 6.34. The summed E-state index contributed by atoms with van der Waals surface area (Å²) < 4.78 is 5.66. The zero-order valence-corrected chi connectivity index (χ0v) is 11.3. The summed E-state index contributed by atoms with van der Waals surface area (Å²) in [7, 11) is 0. The molecule has 1 heterocycles. The van der Waals surface area contributed by atoms with Crippen LogP contribution in [0.25, 0.3) is 10.9 Å². The van der Waals surface area contributed by atoms with Crippen LogP contribution in [0.4, 0.5) is 0 Å². The van der Waals surface area contributed by atoms with E-state index in [1.54, 1.807) is 0 Å². The minimum atomic E-state index is 0.158. The molecule has 0 unspecified atom stereocenters. The largest absolute Gasteiger partial charge is 0.491 e. The van der Waals surface area contributed by atoms with Gasteiger partial charge in [0.05, 0.1) is 16.6 Å². The standard InChI is InChI=1S/C14H16ClNO/c1-8(2)17-11-5-6-13-12(7-11)14(15)9(3)10(4)16-13/h5-8H,1-4H3. The van der Waals surface area contributed by atoms with Gasteiger partial charge in [0.15, 0.2) is 0 Å². The van der Waals surface area contributed by atoms with Crippen molar-refractivity contribution in [3.8, 4) is 5.75 Å². The van der Waals surface area contributed by atoms with E-state index in [2.05, 4.69) is 4.98 Å². The van der Waals surface area contributed by atoms with Crippen LogP contribution in [0.2, 0.25) is 5.02 Å². The second-order valence-corrected chi connectivity index (χ2v) is 4.86. The van der Waals surface area contributed by atoms with E-state index < -0.39 is 0 Å². The molecule has 0 atom stereocenters. The highest BCUT2D eigenvalue weighted by molar-refractivity contribution is 6.36. The van der Waals surface area contributed by atoms with Crippen molar-refractivity contribution < 1.29 is 4.74 Å². The quantitative estimate of drug-likeness (QED) is 0.792. The van der Waals surface area contributed by atoms with E-state index in [1.165, 1.54) is 0 Å². The Morgan fingerprint density at radius 2 is 1.94 bits per heavy atom. The summed E-state index contributed by atoms with van der Waals surface area (Å²) in [4.78, 5) is 4.52. The van der Waals surface area contributed by atoms with Gasteiger partial charge in [0.2, 0.25) is 0 Å². The smallest absolute Gasteiger partial charge is 0.120 e. The molecule has 17 heavy (non-hydrogen) atoms. The lowest BCUT2D eigenvalue weighted by molar-refractivity contribution is 0.243. The van der Waals surface area contributed by atoms with Gasteiger partial charge in [0, 0.05) is 11.1 Å². The minimum absolute atomic E-state index is 0.158. The number of aromatic nitrogens is 1. The second-order valence-electron chi connectivity index (χ2n) is 4.48. The average Bonchev–Trinajstić information content (AvgIpc) is 2.26. The highest BCUT2D eigenvalue weighted by Gasteiger charge is 2.08. The molecule has 0 N–H and O–H groups in total. The van der Waals surface area contributed by atoms with Crippen LogP contribution in [-0.2, 0) is 0 Å². The maximum absolute atomic E-state index is 6.34. The van der Waals surface area contributed by atoms with Crippen LogP contribution in [-0.4, -0.2) is 11.1 Å². The number of nitrogens with zero attached hydrogens (tertiary/aromatic N) is 1. The van der Waals surface area contributed by atoms with Crippen molar-refractivity contribution in [2.45, 2.75) is 33.8 Å². The molecule has 2 nitrogen and oxygen atoms in total. The van der Waals surface area contributed by atoms with Crippen molar-refractivity contribution in [3.63, 3.8) is 0 Å². The Labute approximate surface area is 107 Å². The Bertz CT molecular complexity index is 564. The Kier molecular flexibility index (Phi) is 3.25. The molecule has 0 aliphatic carbocycles. The zero-order chi connectivity index (χ0) is 12.6. The Morgan fingerprint density at radius 3 is 2.59 bits per heavy atom. The van der Waals surface area contributed by atoms with Gasteiger partial charge in [0.1, 0.15) is 5.75 Å². The number of fused-ring (bicyclic) bond motifs is 1. The van der Waals surface area contributed by atoms with Gasteiger partial charge in [-0.05, 0) is 51.5 Å². The summed E-state index contributed by atoms with van der Waals surface area (Å²) in [5, 5.41) is 1.72. The Balaban J connectivity index is 2.60. The van der Waals surface area contributed by atoms with Crippen LogP contribution in [0.5, 0.6) is 5.75 Å². The number of benzene rings is 1. The number of hydrogen-bond acceptors (Lipinski definition) is 2. The molecule has 0 amide bonds. The highest BCUT2D eigenvalue weighted by atomic mass is 35.5. The van der Waals surface area contributed by atoms with Crippen LogP contribution >= 0.6 is 11.6 Å². The second kappa shape index (κ2) is 4.53. The van der Waals surface area contributed by atoms with E-state index in [9.17, 15) is 0 Å². The first kappa shape index (κ1) is 12.2. The Morgan fingerprint density at radius 1 is 1.24 bits per heavy atom. The van der Waals surface area contributed by atoms with Gasteiger partial charge in [-0.2, -0.15) is 0 Å². The molecule has 2 rings (SSSR count). The zero-order valence-electron chi connectivity index (χ0n) is 10.5. The first-order chi connectivity index (χ1) is 7.99. The van der Waals surface area contributed by atoms with E-state index in [-0.39, 0.29) is 6.10 Å². The van der Waals surface area contributed by atoms with Crippen molar-refractivity contribution in [1.29, 1.82) is 0 Å². The third kappa shape index (κ3) is 2.37. The SMILES string of the molecule is Cc1nc2ccc(OC(C)C)cc2c(Cl)c1C. The molecule has 2 aromatic rings. The van der Waals surface area contributed by atoms with Gasteiger partial charge in [-0.15, -0.1) is 0 Å². The lowest BCUT2D eigenvalue weighted by atomic mass is 10.1. The third-order valence-electron chi connectivity index (χ3n) is 2.74. The monoisotopic (exact) mass is 249 g/mol. The van der Waals surface area contributed by atoms with Crippen LogP contribution in [0.1, 0.15) is 25.1 Å². The number of ether oxygens (including phenoxy) is 1. The molecule has 3 heteroatoms. The first-order valence-electron chi connectivity index (χ1n) is 5.72. The summed E-state index contributed by atoms with van der Waals surface area (Å²) >= 11 is 6.34. The van der Waals surface area contributed by atoms with Crippen molar-refractivity contribution >= 4 is 22.5 Å². The van der Waals surface area contributed by atoms with E-state index in [0.29, 0.717) is 0 Å². The summed E-state index contributed by atoms with van der Waals surface area (Å²) in [6.45, 7) is 7.97. The van der Waals surface area contributed by atoms with E-state index in [1.807, 2.05) is 45.9 Å². The molecule has 0 fully saturated rings. The molecule has 0 radical (unpaired) electrons. The van der Waals surface area contributed by atoms with E-state index >= 15 is 0 Å². The molecule has 0 saturated heterocycles. The van der Waals surface area contributed by atoms with Crippen LogP contribution < -0.4 is 4.74 Å². The molecule has 1 aromatic carbocycles. The molecular weight excluding hydrogens is 234 g/mol. The minimum Gasteiger partial charge on any atom is -0.491 e. The normalized spacial score (nSPS) is 11.2. The number of halogens is 1. The summed E-state index contributed by atoms with van der Waals surface area (Å²) in [6, 6.07) is 5.84. The van der Waals surface area contributed by atoms with Crippen molar-refractivity contribution in [2.24, 2.45) is 0 Å². The molecule has 0 spiro atoms. The fourth-order valence-corrected chi connectivity index (χ4v) is 2.05. The first-order valence-corrected chi connectivity index (χ1v) is 6.10. The molecule has 0 saturated carbocycles. The fourth-order valence-electron chi connectivity index (χ4n) is 1.76. The van der Waals surface area contributed by atoms with Crippen molar-refractivity contribution in [3.05, 3.63) is 34.5 Å². The third-order valence-corrected chi connectivity index (χ3v) is 3.22. The van der Waals surface area contributed by atoms with Crippen molar-refractivity contribution in [2.75, 3.05) is 0 Å². The van der Waals surface area contributed by atoms with E-state index in [4.69, 9.17) is 16.3 Å². The van der Waals surface area contributed by atoms with Gasteiger partial charge >= 0.3 is 0 Å². The lowest BCUT2D eigenvalue weighted by Gasteiger charge is -2.12. The summed E-state index contributed by atoms with van der Waals surface area (Å²) in [5.74, 6) is 0.833. The molecule has 0 bridgehead atoms. The summed E-state index contributed by atoms with van der Waals surface area (Å²) in [6.07, 6.45) is 0.158. The van der Waals surface area contributed by atoms with Gasteiger partial charge in [-0.3, -0.25) is 4.98 Å². The molecule has 90 valence electrons. The topological polar surface area (TPSA) is 22.1 Å². The highest BCUT2D eigenvalue weighted by Crippen LogP contribution is 2.30. The maximum Gasteiger partial charge on any atom is 0.120 e.